The van der Waals surface area contributed by atoms with Crippen molar-refractivity contribution in [1.29, 1.82) is 0 Å². The van der Waals surface area contributed by atoms with Gasteiger partial charge in [-0.05, 0) is 83.0 Å². The zero-order chi connectivity index (χ0) is 42.5. The van der Waals surface area contributed by atoms with Gasteiger partial charge in [-0.1, -0.05) is 76.2 Å². The molecule has 2 fully saturated rings. The second-order valence-corrected chi connectivity index (χ2v) is 22.0. The van der Waals surface area contributed by atoms with E-state index in [0.717, 1.165) is 12.8 Å². The van der Waals surface area contributed by atoms with Crippen LogP contribution >= 0.6 is 0 Å². The van der Waals surface area contributed by atoms with Gasteiger partial charge in [-0.2, -0.15) is 0 Å². The van der Waals surface area contributed by atoms with Gasteiger partial charge >= 0.3 is 11.9 Å². The molecule has 0 aromatic rings. The molecule has 324 valence electrons. The van der Waals surface area contributed by atoms with Crippen molar-refractivity contribution in [1.82, 2.24) is 0 Å². The minimum Gasteiger partial charge on any atom is -0.465 e. The lowest BCUT2D eigenvalue weighted by molar-refractivity contribution is -0.213. The molecule has 2 rings (SSSR count). The number of aliphatic hydroxyl groups excluding tert-OH is 1. The second kappa shape index (κ2) is 18.7. The third-order valence-corrected chi connectivity index (χ3v) is 11.1. The lowest BCUT2D eigenvalue weighted by Crippen LogP contribution is -2.54. The maximum atomic E-state index is 13.0. The molecule has 11 heteroatoms. The van der Waals surface area contributed by atoms with Gasteiger partial charge in [0.05, 0.1) is 69.3 Å². The molecule has 11 nitrogen and oxygen atoms in total. The highest BCUT2D eigenvalue weighted by atomic mass is 16.8. The van der Waals surface area contributed by atoms with Crippen LogP contribution in [0.5, 0.6) is 0 Å². The maximum Gasteiger partial charge on any atom is 0.306 e. The first-order valence-electron chi connectivity index (χ1n) is 20.7. The van der Waals surface area contributed by atoms with Crippen LogP contribution in [0.2, 0.25) is 0 Å². The molecule has 0 bridgehead atoms. The Morgan fingerprint density at radius 2 is 1.18 bits per heavy atom. The van der Waals surface area contributed by atoms with E-state index >= 15 is 0 Å². The fourth-order valence-corrected chi connectivity index (χ4v) is 8.31. The summed E-state index contributed by atoms with van der Waals surface area (Å²) in [5.41, 5.74) is -1.99. The Kier molecular flexibility index (Phi) is 16.9. The van der Waals surface area contributed by atoms with E-state index in [2.05, 4.69) is 76.2 Å². The first kappa shape index (κ1) is 49.8. The Hall–Kier alpha value is -1.34. The summed E-state index contributed by atoms with van der Waals surface area (Å²) in [4.78, 5) is 25.8. The Bertz CT molecular complexity index is 1230. The first-order chi connectivity index (χ1) is 24.7. The smallest absolute Gasteiger partial charge is 0.306 e. The fraction of sp³-hybridized carbons (Fsp3) is 0.955. The number of rotatable bonds is 21. The van der Waals surface area contributed by atoms with Gasteiger partial charge in [0.2, 0.25) is 0 Å². The van der Waals surface area contributed by atoms with Gasteiger partial charge in [-0.15, -0.1) is 0 Å². The molecule has 0 amide bonds. The van der Waals surface area contributed by atoms with Crippen molar-refractivity contribution in [3.8, 4) is 0 Å². The molecular weight excluding hydrogens is 704 g/mol. The van der Waals surface area contributed by atoms with Crippen molar-refractivity contribution in [2.45, 2.75) is 204 Å². The molecule has 0 spiro atoms. The number of hydrogen-bond donors (Lipinski definition) is 2. The largest absolute Gasteiger partial charge is 0.465 e. The zero-order valence-electron chi connectivity index (χ0n) is 37.9. The van der Waals surface area contributed by atoms with Crippen molar-refractivity contribution >= 4 is 11.9 Å². The molecule has 7 unspecified atom stereocenters. The molecule has 0 saturated carbocycles. The molecule has 2 aliphatic heterocycles. The summed E-state index contributed by atoms with van der Waals surface area (Å²) in [6, 6.07) is 0. The van der Waals surface area contributed by atoms with Crippen molar-refractivity contribution in [2.24, 2.45) is 33.5 Å². The minimum atomic E-state index is -1.11. The predicted octanol–water partition coefficient (Wildman–Crippen LogP) is 8.39. The van der Waals surface area contributed by atoms with Crippen molar-refractivity contribution in [3.05, 3.63) is 0 Å². The number of carbonyl (C=O) groups excluding carboxylic acids is 2. The van der Waals surface area contributed by atoms with E-state index in [9.17, 15) is 19.8 Å². The van der Waals surface area contributed by atoms with E-state index in [0.29, 0.717) is 25.6 Å². The first-order valence-corrected chi connectivity index (χ1v) is 20.7. The molecule has 2 N–H and O–H groups in total. The highest BCUT2D eigenvalue weighted by Gasteiger charge is 2.53. The van der Waals surface area contributed by atoms with Crippen LogP contribution in [0.4, 0.5) is 0 Å². The summed E-state index contributed by atoms with van der Waals surface area (Å²) in [6.07, 6.45) is 0.487. The van der Waals surface area contributed by atoms with Crippen LogP contribution in [0, 0.1) is 33.5 Å². The van der Waals surface area contributed by atoms with Gasteiger partial charge in [-0.25, -0.2) is 0 Å². The van der Waals surface area contributed by atoms with Crippen LogP contribution in [0.15, 0.2) is 0 Å². The Balaban J connectivity index is 2.12. The van der Waals surface area contributed by atoms with Crippen molar-refractivity contribution in [3.63, 3.8) is 0 Å². The van der Waals surface area contributed by atoms with Crippen LogP contribution < -0.4 is 0 Å². The maximum absolute atomic E-state index is 13.0. The number of aliphatic hydroxyl groups is 2. The summed E-state index contributed by atoms with van der Waals surface area (Å²) < 4.78 is 43.1. The summed E-state index contributed by atoms with van der Waals surface area (Å²) in [6.45, 7) is 35.8. The lowest BCUT2D eigenvalue weighted by Gasteiger charge is -2.42. The molecule has 7 atom stereocenters. The highest BCUT2D eigenvalue weighted by molar-refractivity contribution is 5.69. The van der Waals surface area contributed by atoms with E-state index in [1.165, 1.54) is 0 Å². The number of esters is 2. The molecular formula is C44H82O11. The molecule has 0 aromatic carbocycles. The van der Waals surface area contributed by atoms with Gasteiger partial charge in [-0.3, -0.25) is 9.59 Å². The molecule has 2 heterocycles. The van der Waals surface area contributed by atoms with Crippen molar-refractivity contribution in [2.75, 3.05) is 33.0 Å². The summed E-state index contributed by atoms with van der Waals surface area (Å²) >= 11 is 0. The Labute approximate surface area is 334 Å². The molecule has 0 radical (unpaired) electrons. The number of carbonyl (C=O) groups is 2. The molecule has 2 saturated heterocycles. The van der Waals surface area contributed by atoms with Crippen LogP contribution in [-0.4, -0.2) is 96.3 Å². The van der Waals surface area contributed by atoms with Gasteiger partial charge in [0.1, 0.15) is 6.10 Å². The molecule has 0 aliphatic carbocycles. The van der Waals surface area contributed by atoms with Crippen LogP contribution in [0.3, 0.4) is 0 Å². The zero-order valence-corrected chi connectivity index (χ0v) is 37.9. The summed E-state index contributed by atoms with van der Waals surface area (Å²) in [5.74, 6) is -3.15. The third kappa shape index (κ3) is 17.2. The number of hydrogen-bond acceptors (Lipinski definition) is 11. The van der Waals surface area contributed by atoms with E-state index < -0.39 is 47.0 Å². The van der Waals surface area contributed by atoms with Gasteiger partial charge in [0.15, 0.2) is 11.6 Å². The topological polar surface area (TPSA) is 139 Å². The lowest BCUT2D eigenvalue weighted by atomic mass is 9.69. The van der Waals surface area contributed by atoms with Crippen LogP contribution in [0.25, 0.3) is 0 Å². The average Bonchev–Trinajstić information content (AvgIpc) is 3.57. The fourth-order valence-electron chi connectivity index (χ4n) is 8.31. The van der Waals surface area contributed by atoms with Gasteiger partial charge in [0.25, 0.3) is 0 Å². The normalized spacial score (nSPS) is 26.5. The summed E-state index contributed by atoms with van der Waals surface area (Å²) in [5, 5.41) is 22.4. The average molecular weight is 787 g/mol. The monoisotopic (exact) mass is 787 g/mol. The standard InChI is InChI=1S/C44H82O11/c1-30(2)42(15,27-38(6,7)8)29-50-34(46)19-20-43(16)52-24-31(54-43)35(41(13,14)51-23-22-40(11,12)48)36(47)32-25-53-44(17,55-32)21-18-33(45)49-28-39(9,10)26-37(3,4)5/h30-32,35-36,47-48H,18-29H2,1-17H3. The van der Waals surface area contributed by atoms with Crippen molar-refractivity contribution < 1.29 is 53.0 Å². The Morgan fingerprint density at radius 3 is 1.64 bits per heavy atom. The molecule has 0 aromatic heterocycles. The van der Waals surface area contributed by atoms with Crippen LogP contribution in [0.1, 0.15) is 163 Å². The third-order valence-electron chi connectivity index (χ3n) is 11.1. The Morgan fingerprint density at radius 1 is 0.727 bits per heavy atom. The SMILES string of the molecule is CC(C)C(C)(COC(=O)CCC1(C)OCC(C(C(O)C2COC(C)(CCC(=O)OCC(C)(C)CC(C)(C)C)O2)C(C)(C)OCCC(C)(C)O)O1)CC(C)(C)C. The molecule has 2 aliphatic rings. The molecule has 55 heavy (non-hydrogen) atoms. The number of ether oxygens (including phenoxy) is 7. The van der Waals surface area contributed by atoms with E-state index in [4.69, 9.17) is 33.2 Å². The second-order valence-electron chi connectivity index (χ2n) is 22.0. The predicted molar refractivity (Wildman–Crippen MR) is 214 cm³/mol. The van der Waals surface area contributed by atoms with Crippen LogP contribution in [-0.2, 0) is 42.7 Å². The quantitative estimate of drug-likeness (QED) is 0.109. The highest BCUT2D eigenvalue weighted by Crippen LogP contribution is 2.43. The summed E-state index contributed by atoms with van der Waals surface area (Å²) in [7, 11) is 0. The van der Waals surface area contributed by atoms with E-state index in [-0.39, 0.29) is 79.1 Å². The van der Waals surface area contributed by atoms with E-state index in [1.807, 2.05) is 13.8 Å². The van der Waals surface area contributed by atoms with E-state index in [1.54, 1.807) is 27.7 Å². The van der Waals surface area contributed by atoms with Gasteiger partial charge < -0.3 is 43.4 Å². The van der Waals surface area contributed by atoms with Gasteiger partial charge in [0, 0.05) is 24.2 Å². The minimum absolute atomic E-state index is 0.0951.